The summed E-state index contributed by atoms with van der Waals surface area (Å²) in [6, 6.07) is 8.78. The van der Waals surface area contributed by atoms with Gasteiger partial charge in [0, 0.05) is 6.04 Å². The topological polar surface area (TPSA) is 23.5 Å². The molecule has 0 amide bonds. The molecule has 2 atom stereocenters. The van der Waals surface area contributed by atoms with Gasteiger partial charge in [-0.05, 0) is 50.4 Å². The van der Waals surface area contributed by atoms with E-state index < -0.39 is 0 Å². The fraction of sp³-hybridized carbons (Fsp3) is 0.625. The lowest BCUT2D eigenvalue weighted by Gasteiger charge is -2.34. The van der Waals surface area contributed by atoms with Crippen LogP contribution in [0.25, 0.3) is 0 Å². The molecule has 2 nitrogen and oxygen atoms in total. The molecule has 18 heavy (non-hydrogen) atoms. The van der Waals surface area contributed by atoms with Gasteiger partial charge in [0.25, 0.3) is 0 Å². The summed E-state index contributed by atoms with van der Waals surface area (Å²) in [5.41, 5.74) is 2.41. The lowest BCUT2D eigenvalue weighted by molar-refractivity contribution is 0.156. The molecule has 0 aromatic heterocycles. The predicted molar refractivity (Wildman–Crippen MR) is 75.5 cm³/mol. The number of aliphatic hydroxyl groups is 1. The quantitative estimate of drug-likeness (QED) is 0.877. The molecule has 1 aliphatic rings. The monoisotopic (exact) mass is 247 g/mol. The molecule has 1 saturated heterocycles. The fourth-order valence-electron chi connectivity index (χ4n) is 2.92. The molecule has 1 aliphatic heterocycles. The molecule has 2 rings (SSSR count). The van der Waals surface area contributed by atoms with Gasteiger partial charge in [0.15, 0.2) is 0 Å². The second-order valence-electron chi connectivity index (χ2n) is 5.33. The van der Waals surface area contributed by atoms with E-state index in [0.717, 1.165) is 12.0 Å². The van der Waals surface area contributed by atoms with Gasteiger partial charge in [0.2, 0.25) is 0 Å². The molecule has 1 fully saturated rings. The second-order valence-corrected chi connectivity index (χ2v) is 5.33. The van der Waals surface area contributed by atoms with E-state index in [4.69, 9.17) is 0 Å². The first-order valence-corrected chi connectivity index (χ1v) is 7.25. The molecule has 1 aromatic rings. The molecule has 2 heteroatoms. The largest absolute Gasteiger partial charge is 0.388 e. The third-order valence-corrected chi connectivity index (χ3v) is 4.13. The van der Waals surface area contributed by atoms with Crippen molar-refractivity contribution in [2.75, 3.05) is 13.1 Å². The summed E-state index contributed by atoms with van der Waals surface area (Å²) in [5, 5.41) is 10.1. The molecule has 1 heterocycles. The first kappa shape index (κ1) is 13.6. The minimum atomic E-state index is -0.326. The van der Waals surface area contributed by atoms with Crippen molar-refractivity contribution in [1.29, 1.82) is 0 Å². The van der Waals surface area contributed by atoms with E-state index in [1.165, 1.54) is 37.9 Å². The van der Waals surface area contributed by atoms with Crippen LogP contribution in [0.1, 0.15) is 62.8 Å². The standard InChI is InChI=1S/C16H25NO/c1-3-16(18)15-10-6-5-9-14(15)13(2)17-11-7-4-8-12-17/h5-6,9-10,13,16,18H,3-4,7-8,11-12H2,1-2H3/t13-,16?/m1/s1. The number of hydrogen-bond donors (Lipinski definition) is 1. The van der Waals surface area contributed by atoms with Gasteiger partial charge < -0.3 is 5.11 Å². The highest BCUT2D eigenvalue weighted by Crippen LogP contribution is 2.30. The van der Waals surface area contributed by atoms with E-state index in [9.17, 15) is 5.11 Å². The maximum atomic E-state index is 10.1. The van der Waals surface area contributed by atoms with E-state index >= 15 is 0 Å². The molecule has 0 radical (unpaired) electrons. The van der Waals surface area contributed by atoms with Gasteiger partial charge >= 0.3 is 0 Å². The van der Waals surface area contributed by atoms with Crippen LogP contribution in [0.2, 0.25) is 0 Å². The molecule has 1 unspecified atom stereocenters. The molecule has 0 bridgehead atoms. The summed E-state index contributed by atoms with van der Waals surface area (Å²) in [5.74, 6) is 0. The van der Waals surface area contributed by atoms with Crippen LogP contribution in [-0.4, -0.2) is 23.1 Å². The Balaban J connectivity index is 2.20. The Kier molecular flexibility index (Phi) is 4.79. The Labute approximate surface area is 111 Å². The van der Waals surface area contributed by atoms with Crippen LogP contribution in [-0.2, 0) is 0 Å². The van der Waals surface area contributed by atoms with Gasteiger partial charge in [0.05, 0.1) is 6.10 Å². The van der Waals surface area contributed by atoms with Crippen LogP contribution in [0.15, 0.2) is 24.3 Å². The molecular weight excluding hydrogens is 222 g/mol. The predicted octanol–water partition coefficient (Wildman–Crippen LogP) is 3.68. The third kappa shape index (κ3) is 2.93. The van der Waals surface area contributed by atoms with Gasteiger partial charge in [0.1, 0.15) is 0 Å². The Morgan fingerprint density at radius 3 is 2.33 bits per heavy atom. The first-order chi connectivity index (χ1) is 8.74. The number of nitrogens with zero attached hydrogens (tertiary/aromatic N) is 1. The zero-order valence-corrected chi connectivity index (χ0v) is 11.6. The number of aliphatic hydroxyl groups excluding tert-OH is 1. The highest BCUT2D eigenvalue weighted by atomic mass is 16.3. The van der Waals surface area contributed by atoms with Crippen LogP contribution in [0.4, 0.5) is 0 Å². The van der Waals surface area contributed by atoms with Crippen molar-refractivity contribution in [3.05, 3.63) is 35.4 Å². The van der Waals surface area contributed by atoms with Crippen molar-refractivity contribution in [3.63, 3.8) is 0 Å². The van der Waals surface area contributed by atoms with E-state index in [-0.39, 0.29) is 6.10 Å². The van der Waals surface area contributed by atoms with Crippen molar-refractivity contribution in [1.82, 2.24) is 4.90 Å². The maximum absolute atomic E-state index is 10.1. The molecule has 100 valence electrons. The van der Waals surface area contributed by atoms with Crippen molar-refractivity contribution in [3.8, 4) is 0 Å². The van der Waals surface area contributed by atoms with E-state index in [1.54, 1.807) is 0 Å². The summed E-state index contributed by atoms with van der Waals surface area (Å²) < 4.78 is 0. The van der Waals surface area contributed by atoms with Gasteiger partial charge in [-0.15, -0.1) is 0 Å². The zero-order chi connectivity index (χ0) is 13.0. The summed E-state index contributed by atoms with van der Waals surface area (Å²) in [6.07, 6.45) is 4.44. The lowest BCUT2D eigenvalue weighted by atomic mass is 9.94. The SMILES string of the molecule is CCC(O)c1ccccc1[C@@H](C)N1CCCCC1. The third-order valence-electron chi connectivity index (χ3n) is 4.13. The molecule has 0 saturated carbocycles. The van der Waals surface area contributed by atoms with Crippen LogP contribution in [0.3, 0.4) is 0 Å². The lowest BCUT2D eigenvalue weighted by Crippen LogP contribution is -2.32. The Hall–Kier alpha value is -0.860. The van der Waals surface area contributed by atoms with Crippen LogP contribution >= 0.6 is 0 Å². The average Bonchev–Trinajstić information content (AvgIpc) is 2.46. The van der Waals surface area contributed by atoms with Crippen molar-refractivity contribution in [2.24, 2.45) is 0 Å². The van der Waals surface area contributed by atoms with Crippen LogP contribution < -0.4 is 0 Å². The number of piperidine rings is 1. The number of likely N-dealkylation sites (tertiary alicyclic amines) is 1. The Morgan fingerprint density at radius 2 is 1.72 bits per heavy atom. The molecule has 0 aliphatic carbocycles. The Bertz CT molecular complexity index is 371. The van der Waals surface area contributed by atoms with Gasteiger partial charge in [-0.2, -0.15) is 0 Å². The van der Waals surface area contributed by atoms with E-state index in [1.807, 2.05) is 13.0 Å². The molecule has 1 N–H and O–H groups in total. The van der Waals surface area contributed by atoms with Crippen molar-refractivity contribution in [2.45, 2.75) is 51.7 Å². The zero-order valence-electron chi connectivity index (χ0n) is 11.6. The van der Waals surface area contributed by atoms with Gasteiger partial charge in [-0.1, -0.05) is 37.6 Å². The maximum Gasteiger partial charge on any atom is 0.0790 e. The number of benzene rings is 1. The minimum Gasteiger partial charge on any atom is -0.388 e. The minimum absolute atomic E-state index is 0.326. The highest BCUT2D eigenvalue weighted by Gasteiger charge is 2.21. The Morgan fingerprint density at radius 1 is 1.11 bits per heavy atom. The summed E-state index contributed by atoms with van der Waals surface area (Å²) in [6.45, 7) is 6.69. The van der Waals surface area contributed by atoms with Crippen molar-refractivity contribution < 1.29 is 5.11 Å². The normalized spacial score (nSPS) is 20.6. The van der Waals surface area contributed by atoms with E-state index in [2.05, 4.69) is 30.0 Å². The summed E-state index contributed by atoms with van der Waals surface area (Å²) >= 11 is 0. The number of hydrogen-bond acceptors (Lipinski definition) is 2. The molecule has 1 aromatic carbocycles. The number of rotatable bonds is 4. The molecule has 0 spiro atoms. The highest BCUT2D eigenvalue weighted by molar-refractivity contribution is 5.31. The summed E-state index contributed by atoms with van der Waals surface area (Å²) in [4.78, 5) is 2.55. The average molecular weight is 247 g/mol. The fourth-order valence-corrected chi connectivity index (χ4v) is 2.92. The first-order valence-electron chi connectivity index (χ1n) is 7.25. The van der Waals surface area contributed by atoms with Crippen LogP contribution in [0.5, 0.6) is 0 Å². The smallest absolute Gasteiger partial charge is 0.0790 e. The summed E-state index contributed by atoms with van der Waals surface area (Å²) in [7, 11) is 0. The van der Waals surface area contributed by atoms with Gasteiger partial charge in [-0.3, -0.25) is 4.90 Å². The van der Waals surface area contributed by atoms with Crippen LogP contribution in [0, 0.1) is 0 Å². The molecular formula is C16H25NO. The van der Waals surface area contributed by atoms with Gasteiger partial charge in [-0.25, -0.2) is 0 Å². The second kappa shape index (κ2) is 6.35. The van der Waals surface area contributed by atoms with E-state index in [0.29, 0.717) is 6.04 Å². The van der Waals surface area contributed by atoms with Crippen molar-refractivity contribution >= 4 is 0 Å².